The largest absolute Gasteiger partial charge is 0.274 e. The number of hydrogen-bond acceptors (Lipinski definition) is 3. The topological polar surface area (TPSA) is 50.2 Å². The van der Waals surface area contributed by atoms with Crippen LogP contribution in [0, 0.1) is 11.6 Å². The van der Waals surface area contributed by atoms with Crippen LogP contribution >= 0.6 is 35.0 Å². The molecule has 0 aliphatic carbocycles. The molecule has 2 aromatic carbocycles. The predicted molar refractivity (Wildman–Crippen MR) is 102 cm³/mol. The summed E-state index contributed by atoms with van der Waals surface area (Å²) < 4.78 is 28.3. The summed E-state index contributed by atoms with van der Waals surface area (Å²) >= 11 is 13.5. The van der Waals surface area contributed by atoms with Crippen LogP contribution in [0.2, 0.25) is 10.0 Å². The molecule has 0 fully saturated rings. The standard InChI is InChI=1S/C18H9Cl2F2N3OS/c19-11-2-1-3-12(20)15(11)16-17-23-7-10(8-25(17)24-18(16)26)27-14-5-4-9(21)6-13(14)22/h1-8H,(H,24,26). The Kier molecular flexibility index (Phi) is 4.67. The summed E-state index contributed by atoms with van der Waals surface area (Å²) in [6.07, 6.45) is 3.08. The Morgan fingerprint density at radius 1 is 1.07 bits per heavy atom. The maximum absolute atomic E-state index is 13.9. The first kappa shape index (κ1) is 18.0. The number of rotatable bonds is 3. The van der Waals surface area contributed by atoms with E-state index in [4.69, 9.17) is 23.2 Å². The number of aromatic amines is 1. The SMILES string of the molecule is O=c1[nH]n2cc(Sc3ccc(F)cc3F)cnc2c1-c1c(Cl)cccc1Cl. The quantitative estimate of drug-likeness (QED) is 0.478. The number of hydrogen-bond donors (Lipinski definition) is 1. The van der Waals surface area contributed by atoms with Crippen molar-refractivity contribution in [3.8, 4) is 11.1 Å². The van der Waals surface area contributed by atoms with Gasteiger partial charge in [-0.1, -0.05) is 41.0 Å². The van der Waals surface area contributed by atoms with Crippen LogP contribution in [0.3, 0.4) is 0 Å². The highest BCUT2D eigenvalue weighted by Gasteiger charge is 2.19. The first-order chi connectivity index (χ1) is 12.9. The molecule has 1 N–H and O–H groups in total. The first-order valence-corrected chi connectivity index (χ1v) is 9.19. The highest BCUT2D eigenvalue weighted by atomic mass is 35.5. The summed E-state index contributed by atoms with van der Waals surface area (Å²) in [4.78, 5) is 17.6. The Hall–Kier alpha value is -2.35. The fraction of sp³-hybridized carbons (Fsp3) is 0. The van der Waals surface area contributed by atoms with Crippen LogP contribution in [-0.4, -0.2) is 14.6 Å². The van der Waals surface area contributed by atoms with Crippen LogP contribution < -0.4 is 5.56 Å². The number of benzene rings is 2. The Balaban J connectivity index is 1.80. The summed E-state index contributed by atoms with van der Waals surface area (Å²) in [7, 11) is 0. The van der Waals surface area contributed by atoms with Gasteiger partial charge in [-0.25, -0.2) is 18.3 Å². The van der Waals surface area contributed by atoms with Crippen LogP contribution in [0.1, 0.15) is 0 Å². The molecule has 4 rings (SSSR count). The molecule has 0 spiro atoms. The van der Waals surface area contributed by atoms with Gasteiger partial charge in [0.05, 0.1) is 15.6 Å². The third-order valence-corrected chi connectivity index (χ3v) is 5.43. The van der Waals surface area contributed by atoms with Crippen molar-refractivity contribution in [3.63, 3.8) is 0 Å². The molecule has 4 nitrogen and oxygen atoms in total. The van der Waals surface area contributed by atoms with E-state index in [1.807, 2.05) is 0 Å². The molecule has 0 atom stereocenters. The van der Waals surface area contributed by atoms with Crippen LogP contribution in [0.4, 0.5) is 8.78 Å². The molecular weight excluding hydrogens is 415 g/mol. The molecule has 0 radical (unpaired) electrons. The van der Waals surface area contributed by atoms with Gasteiger partial charge in [-0.2, -0.15) is 0 Å². The molecule has 2 heterocycles. The second kappa shape index (κ2) is 6.99. The van der Waals surface area contributed by atoms with Gasteiger partial charge in [0.1, 0.15) is 11.6 Å². The highest BCUT2D eigenvalue weighted by molar-refractivity contribution is 7.99. The molecule has 136 valence electrons. The summed E-state index contributed by atoms with van der Waals surface area (Å²) in [5.74, 6) is -1.33. The maximum atomic E-state index is 13.9. The minimum absolute atomic E-state index is 0.237. The van der Waals surface area contributed by atoms with Crippen LogP contribution in [-0.2, 0) is 0 Å². The van der Waals surface area contributed by atoms with Crippen molar-refractivity contribution in [2.45, 2.75) is 9.79 Å². The van der Waals surface area contributed by atoms with Gasteiger partial charge in [0.15, 0.2) is 5.65 Å². The lowest BCUT2D eigenvalue weighted by Crippen LogP contribution is -2.03. The first-order valence-electron chi connectivity index (χ1n) is 7.61. The number of halogens is 4. The molecule has 0 aliphatic rings. The van der Waals surface area contributed by atoms with E-state index in [2.05, 4.69) is 10.1 Å². The maximum Gasteiger partial charge on any atom is 0.274 e. The molecule has 2 aromatic heterocycles. The number of nitrogens with zero attached hydrogens (tertiary/aromatic N) is 2. The van der Waals surface area contributed by atoms with E-state index < -0.39 is 17.2 Å². The summed E-state index contributed by atoms with van der Waals surface area (Å²) in [5.41, 5.74) is 0.559. The second-order valence-corrected chi connectivity index (χ2v) is 7.50. The molecule has 0 unspecified atom stereocenters. The zero-order valence-corrected chi connectivity index (χ0v) is 15.7. The van der Waals surface area contributed by atoms with Crippen molar-refractivity contribution in [3.05, 3.63) is 80.8 Å². The van der Waals surface area contributed by atoms with Gasteiger partial charge in [0, 0.05) is 33.8 Å². The third kappa shape index (κ3) is 3.34. The van der Waals surface area contributed by atoms with Crippen molar-refractivity contribution in [2.75, 3.05) is 0 Å². The predicted octanol–water partition coefficient (Wildman–Crippen LogP) is 5.43. The molecular formula is C18H9Cl2F2N3OS. The van der Waals surface area contributed by atoms with Gasteiger partial charge in [0.25, 0.3) is 5.56 Å². The Morgan fingerprint density at radius 3 is 2.52 bits per heavy atom. The van der Waals surface area contributed by atoms with E-state index in [1.54, 1.807) is 24.4 Å². The summed E-state index contributed by atoms with van der Waals surface area (Å²) in [6, 6.07) is 8.27. The summed E-state index contributed by atoms with van der Waals surface area (Å²) in [5, 5.41) is 3.30. The van der Waals surface area contributed by atoms with Crippen LogP contribution in [0.15, 0.2) is 63.4 Å². The number of fused-ring (bicyclic) bond motifs is 1. The van der Waals surface area contributed by atoms with E-state index in [0.29, 0.717) is 26.2 Å². The fourth-order valence-corrected chi connectivity index (χ4v) is 4.04. The Labute approximate surface area is 165 Å². The van der Waals surface area contributed by atoms with Crippen LogP contribution in [0.25, 0.3) is 16.8 Å². The molecule has 9 heteroatoms. The van der Waals surface area contributed by atoms with Gasteiger partial charge in [-0.15, -0.1) is 0 Å². The van der Waals surface area contributed by atoms with Crippen molar-refractivity contribution < 1.29 is 8.78 Å². The molecule has 0 saturated carbocycles. The lowest BCUT2D eigenvalue weighted by Gasteiger charge is -2.06. The number of nitrogens with one attached hydrogen (secondary N) is 1. The smallest absolute Gasteiger partial charge is 0.267 e. The van der Waals surface area contributed by atoms with Gasteiger partial charge < -0.3 is 0 Å². The average molecular weight is 424 g/mol. The van der Waals surface area contributed by atoms with E-state index in [-0.39, 0.29) is 10.5 Å². The molecule has 0 aliphatic heterocycles. The normalized spacial score (nSPS) is 11.3. The van der Waals surface area contributed by atoms with E-state index in [0.717, 1.165) is 17.8 Å². The van der Waals surface area contributed by atoms with Crippen LogP contribution in [0.5, 0.6) is 0 Å². The zero-order chi connectivity index (χ0) is 19.1. The van der Waals surface area contributed by atoms with E-state index in [9.17, 15) is 13.6 Å². The minimum atomic E-state index is -0.676. The Morgan fingerprint density at radius 2 is 1.81 bits per heavy atom. The van der Waals surface area contributed by atoms with Gasteiger partial charge in [-0.05, 0) is 24.3 Å². The number of aromatic nitrogens is 3. The van der Waals surface area contributed by atoms with Gasteiger partial charge >= 0.3 is 0 Å². The molecule has 4 aromatic rings. The molecule has 0 bridgehead atoms. The molecule has 27 heavy (non-hydrogen) atoms. The summed E-state index contributed by atoms with van der Waals surface area (Å²) in [6.45, 7) is 0. The lowest BCUT2D eigenvalue weighted by molar-refractivity contribution is 0.565. The van der Waals surface area contributed by atoms with Crippen molar-refractivity contribution in [2.24, 2.45) is 0 Å². The van der Waals surface area contributed by atoms with E-state index >= 15 is 0 Å². The van der Waals surface area contributed by atoms with Gasteiger partial charge in [0.2, 0.25) is 0 Å². The number of H-pyrrole nitrogens is 1. The van der Waals surface area contributed by atoms with E-state index in [1.165, 1.54) is 22.8 Å². The average Bonchev–Trinajstić information content (AvgIpc) is 2.93. The van der Waals surface area contributed by atoms with Crippen molar-refractivity contribution in [1.82, 2.24) is 14.6 Å². The second-order valence-electron chi connectivity index (χ2n) is 5.57. The highest BCUT2D eigenvalue weighted by Crippen LogP contribution is 2.35. The third-order valence-electron chi connectivity index (χ3n) is 3.81. The van der Waals surface area contributed by atoms with Crippen molar-refractivity contribution >= 4 is 40.6 Å². The fourth-order valence-electron chi connectivity index (χ4n) is 2.65. The minimum Gasteiger partial charge on any atom is -0.267 e. The molecule has 0 saturated heterocycles. The van der Waals surface area contributed by atoms with Crippen molar-refractivity contribution in [1.29, 1.82) is 0 Å². The Bertz CT molecular complexity index is 1220. The molecule has 0 amide bonds. The lowest BCUT2D eigenvalue weighted by atomic mass is 10.1. The van der Waals surface area contributed by atoms with Gasteiger partial charge in [-0.3, -0.25) is 9.89 Å². The zero-order valence-electron chi connectivity index (χ0n) is 13.3. The monoisotopic (exact) mass is 423 g/mol.